The number of anilines is 2. The first-order chi connectivity index (χ1) is 10.0. The number of nitrogens with one attached hydrogen (secondary N) is 1. The Bertz CT molecular complexity index is 465. The predicted molar refractivity (Wildman–Crippen MR) is 87.1 cm³/mol. The molecule has 1 heterocycles. The molecule has 21 heavy (non-hydrogen) atoms. The SMILES string of the molecule is CCCCN(c1cc([N+](=O)[O-])cc(NCC)n1)C(C)CC. The average molecular weight is 294 g/mol. The summed E-state index contributed by atoms with van der Waals surface area (Å²) in [5.74, 6) is 1.24. The molecule has 6 nitrogen and oxygen atoms in total. The Morgan fingerprint density at radius 2 is 2.10 bits per heavy atom. The highest BCUT2D eigenvalue weighted by atomic mass is 16.6. The van der Waals surface area contributed by atoms with Gasteiger partial charge in [0, 0.05) is 19.1 Å². The largest absolute Gasteiger partial charge is 0.370 e. The zero-order chi connectivity index (χ0) is 15.8. The van der Waals surface area contributed by atoms with Crippen molar-refractivity contribution in [1.29, 1.82) is 0 Å². The summed E-state index contributed by atoms with van der Waals surface area (Å²) in [5, 5.41) is 14.2. The quantitative estimate of drug-likeness (QED) is 0.553. The van der Waals surface area contributed by atoms with Gasteiger partial charge in [-0.05, 0) is 26.7 Å². The number of nitrogens with zero attached hydrogens (tertiary/aromatic N) is 3. The summed E-state index contributed by atoms with van der Waals surface area (Å²) in [6.07, 6.45) is 3.11. The van der Waals surface area contributed by atoms with Crippen LogP contribution in [0, 0.1) is 10.1 Å². The number of unbranched alkanes of at least 4 members (excludes halogenated alkanes) is 1. The molecular weight excluding hydrogens is 268 g/mol. The first kappa shape index (κ1) is 17.2. The molecule has 0 aliphatic carbocycles. The fourth-order valence-electron chi connectivity index (χ4n) is 2.14. The lowest BCUT2D eigenvalue weighted by Gasteiger charge is -2.29. The van der Waals surface area contributed by atoms with E-state index < -0.39 is 0 Å². The smallest absolute Gasteiger partial charge is 0.276 e. The first-order valence-electron chi connectivity index (χ1n) is 7.70. The zero-order valence-corrected chi connectivity index (χ0v) is 13.4. The Balaban J connectivity index is 3.17. The van der Waals surface area contributed by atoms with Crippen LogP contribution in [-0.4, -0.2) is 29.0 Å². The molecule has 0 aliphatic heterocycles. The molecular formula is C15H26N4O2. The van der Waals surface area contributed by atoms with Crippen molar-refractivity contribution >= 4 is 17.3 Å². The van der Waals surface area contributed by atoms with Gasteiger partial charge >= 0.3 is 0 Å². The highest BCUT2D eigenvalue weighted by molar-refractivity contribution is 5.56. The van der Waals surface area contributed by atoms with E-state index in [9.17, 15) is 10.1 Å². The second-order valence-corrected chi connectivity index (χ2v) is 5.16. The average Bonchev–Trinajstić information content (AvgIpc) is 2.47. The second kappa shape index (κ2) is 8.44. The van der Waals surface area contributed by atoms with Crippen LogP contribution in [0.2, 0.25) is 0 Å². The number of rotatable bonds is 9. The first-order valence-corrected chi connectivity index (χ1v) is 7.70. The number of hydrogen-bond acceptors (Lipinski definition) is 5. The fraction of sp³-hybridized carbons (Fsp3) is 0.667. The van der Waals surface area contributed by atoms with Gasteiger partial charge in [0.1, 0.15) is 11.6 Å². The Morgan fingerprint density at radius 1 is 1.38 bits per heavy atom. The summed E-state index contributed by atoms with van der Waals surface area (Å²) in [7, 11) is 0. The third-order valence-corrected chi connectivity index (χ3v) is 3.54. The lowest BCUT2D eigenvalue weighted by Crippen LogP contribution is -2.34. The Kier molecular flexibility index (Phi) is 6.91. The van der Waals surface area contributed by atoms with Gasteiger partial charge in [-0.1, -0.05) is 20.3 Å². The van der Waals surface area contributed by atoms with E-state index in [1.54, 1.807) is 6.07 Å². The van der Waals surface area contributed by atoms with Gasteiger partial charge < -0.3 is 10.2 Å². The normalized spacial score (nSPS) is 12.0. The van der Waals surface area contributed by atoms with E-state index in [0.29, 0.717) is 24.2 Å². The van der Waals surface area contributed by atoms with Gasteiger partial charge in [0.05, 0.1) is 17.1 Å². The molecule has 1 atom stereocenters. The van der Waals surface area contributed by atoms with Crippen LogP contribution >= 0.6 is 0 Å². The van der Waals surface area contributed by atoms with Gasteiger partial charge in [0.15, 0.2) is 0 Å². The maximum absolute atomic E-state index is 11.1. The van der Waals surface area contributed by atoms with Gasteiger partial charge in [-0.2, -0.15) is 0 Å². The summed E-state index contributed by atoms with van der Waals surface area (Å²) >= 11 is 0. The van der Waals surface area contributed by atoms with Gasteiger partial charge in [-0.25, -0.2) is 4.98 Å². The molecule has 1 rings (SSSR count). The summed E-state index contributed by atoms with van der Waals surface area (Å²) in [6, 6.07) is 3.37. The van der Waals surface area contributed by atoms with E-state index >= 15 is 0 Å². The Morgan fingerprint density at radius 3 is 2.62 bits per heavy atom. The third-order valence-electron chi connectivity index (χ3n) is 3.54. The van der Waals surface area contributed by atoms with Gasteiger partial charge in [0.25, 0.3) is 5.69 Å². The van der Waals surface area contributed by atoms with Crippen molar-refractivity contribution in [2.24, 2.45) is 0 Å². The molecule has 1 aromatic rings. The van der Waals surface area contributed by atoms with E-state index in [1.807, 2.05) is 6.92 Å². The number of nitro groups is 1. The molecule has 0 fully saturated rings. The fourth-order valence-corrected chi connectivity index (χ4v) is 2.14. The lowest BCUT2D eigenvalue weighted by molar-refractivity contribution is -0.384. The molecule has 0 spiro atoms. The molecule has 0 amide bonds. The second-order valence-electron chi connectivity index (χ2n) is 5.16. The van der Waals surface area contributed by atoms with Crippen LogP contribution in [0.1, 0.15) is 47.0 Å². The highest BCUT2D eigenvalue weighted by Crippen LogP contribution is 2.25. The van der Waals surface area contributed by atoms with E-state index in [2.05, 4.69) is 36.0 Å². The topological polar surface area (TPSA) is 71.3 Å². The summed E-state index contributed by atoms with van der Waals surface area (Å²) in [5.41, 5.74) is 0.0840. The van der Waals surface area contributed by atoms with Crippen molar-refractivity contribution in [3.8, 4) is 0 Å². The molecule has 0 aliphatic rings. The third kappa shape index (κ3) is 4.88. The van der Waals surface area contributed by atoms with Crippen molar-refractivity contribution in [3.63, 3.8) is 0 Å². The minimum atomic E-state index is -0.360. The zero-order valence-electron chi connectivity index (χ0n) is 13.4. The van der Waals surface area contributed by atoms with E-state index in [4.69, 9.17) is 0 Å². The van der Waals surface area contributed by atoms with Crippen molar-refractivity contribution in [1.82, 2.24) is 4.98 Å². The van der Waals surface area contributed by atoms with E-state index in [0.717, 1.165) is 25.8 Å². The van der Waals surface area contributed by atoms with Crippen LogP contribution in [0.5, 0.6) is 0 Å². The van der Waals surface area contributed by atoms with Crippen LogP contribution in [0.3, 0.4) is 0 Å². The molecule has 1 N–H and O–H groups in total. The van der Waals surface area contributed by atoms with Crippen LogP contribution in [0.15, 0.2) is 12.1 Å². The number of pyridine rings is 1. The molecule has 0 saturated heterocycles. The van der Waals surface area contributed by atoms with Crippen molar-refractivity contribution < 1.29 is 4.92 Å². The van der Waals surface area contributed by atoms with Crippen LogP contribution in [0.4, 0.5) is 17.3 Å². The van der Waals surface area contributed by atoms with Crippen LogP contribution in [-0.2, 0) is 0 Å². The van der Waals surface area contributed by atoms with Crippen molar-refractivity contribution in [3.05, 3.63) is 22.2 Å². The predicted octanol–water partition coefficient (Wildman–Crippen LogP) is 3.83. The molecule has 0 radical (unpaired) electrons. The van der Waals surface area contributed by atoms with E-state index in [-0.39, 0.29) is 10.6 Å². The molecule has 6 heteroatoms. The molecule has 0 aromatic carbocycles. The molecule has 0 bridgehead atoms. The van der Waals surface area contributed by atoms with Crippen molar-refractivity contribution in [2.45, 2.75) is 53.0 Å². The van der Waals surface area contributed by atoms with Crippen LogP contribution in [0.25, 0.3) is 0 Å². The van der Waals surface area contributed by atoms with Gasteiger partial charge in [-0.3, -0.25) is 10.1 Å². The standard InChI is InChI=1S/C15H26N4O2/c1-5-8-9-18(12(4)6-2)15-11-13(19(20)21)10-14(17-15)16-7-3/h10-12H,5-9H2,1-4H3,(H,16,17). The summed E-state index contributed by atoms with van der Waals surface area (Å²) in [4.78, 5) is 17.5. The van der Waals surface area contributed by atoms with Gasteiger partial charge in [-0.15, -0.1) is 0 Å². The minimum absolute atomic E-state index is 0.0840. The highest BCUT2D eigenvalue weighted by Gasteiger charge is 2.18. The van der Waals surface area contributed by atoms with Gasteiger partial charge in [0.2, 0.25) is 0 Å². The van der Waals surface area contributed by atoms with Crippen molar-refractivity contribution in [2.75, 3.05) is 23.3 Å². The van der Waals surface area contributed by atoms with Crippen LogP contribution < -0.4 is 10.2 Å². The number of aromatic nitrogens is 1. The maximum Gasteiger partial charge on any atom is 0.276 e. The molecule has 1 aromatic heterocycles. The Hall–Kier alpha value is -1.85. The lowest BCUT2D eigenvalue weighted by atomic mass is 10.2. The maximum atomic E-state index is 11.1. The molecule has 118 valence electrons. The Labute approximate surface area is 126 Å². The summed E-state index contributed by atoms with van der Waals surface area (Å²) in [6.45, 7) is 9.88. The summed E-state index contributed by atoms with van der Waals surface area (Å²) < 4.78 is 0. The van der Waals surface area contributed by atoms with E-state index in [1.165, 1.54) is 6.07 Å². The monoisotopic (exact) mass is 294 g/mol. The molecule has 1 unspecified atom stereocenters. The minimum Gasteiger partial charge on any atom is -0.370 e. The number of hydrogen-bond donors (Lipinski definition) is 1. The molecule has 0 saturated carbocycles.